The number of hydrogen-bond acceptors (Lipinski definition) is 1. The quantitative estimate of drug-likeness (QED) is 0.867. The Labute approximate surface area is 98.7 Å². The fourth-order valence-electron chi connectivity index (χ4n) is 1.06. The van der Waals surface area contributed by atoms with Gasteiger partial charge in [0.1, 0.15) is 0 Å². The maximum atomic E-state index is 10.5. The molecule has 0 spiro atoms. The molecule has 4 heteroatoms. The summed E-state index contributed by atoms with van der Waals surface area (Å²) in [5.41, 5.74) is 5.96. The molecule has 2 nitrogen and oxygen atoms in total. The molecule has 2 N–H and O–H groups in total. The summed E-state index contributed by atoms with van der Waals surface area (Å²) in [5.74, 6) is -0.297. The minimum Gasteiger partial charge on any atom is -0.370 e. The van der Waals surface area contributed by atoms with Crippen LogP contribution in [0.5, 0.6) is 0 Å². The lowest BCUT2D eigenvalue weighted by molar-refractivity contribution is -0.117. The highest BCUT2D eigenvalue weighted by molar-refractivity contribution is 6.42. The summed E-state index contributed by atoms with van der Waals surface area (Å²) >= 11 is 11.6. The molecule has 0 unspecified atom stereocenters. The molecule has 1 rings (SSSR count). The lowest BCUT2D eigenvalue weighted by Crippen LogP contribution is -2.08. The molecular weight excluding hydrogens is 233 g/mol. The lowest BCUT2D eigenvalue weighted by atomic mass is 10.2. The van der Waals surface area contributed by atoms with Gasteiger partial charge in [-0.25, -0.2) is 0 Å². The van der Waals surface area contributed by atoms with Crippen LogP contribution in [0.25, 0.3) is 6.08 Å². The average Bonchev–Trinajstić information content (AvgIpc) is 2.18. The zero-order chi connectivity index (χ0) is 11.3. The van der Waals surface area contributed by atoms with E-state index in [2.05, 4.69) is 0 Å². The topological polar surface area (TPSA) is 43.1 Å². The van der Waals surface area contributed by atoms with Gasteiger partial charge in [-0.2, -0.15) is 0 Å². The highest BCUT2D eigenvalue weighted by Gasteiger charge is 1.96. The molecule has 0 saturated heterocycles. The highest BCUT2D eigenvalue weighted by Crippen LogP contribution is 2.23. The van der Waals surface area contributed by atoms with Gasteiger partial charge in [0.25, 0.3) is 0 Å². The third-order valence-corrected chi connectivity index (χ3v) is 2.55. The van der Waals surface area contributed by atoms with Gasteiger partial charge in [-0.3, -0.25) is 4.79 Å². The predicted molar refractivity (Wildman–Crippen MR) is 63.9 cm³/mol. The van der Waals surface area contributed by atoms with Crippen molar-refractivity contribution in [3.63, 3.8) is 0 Å². The third-order valence-electron chi connectivity index (χ3n) is 1.81. The van der Waals surface area contributed by atoms with E-state index in [-0.39, 0.29) is 5.91 Å². The number of nitrogens with two attached hydrogens (primary N) is 1. The van der Waals surface area contributed by atoms with E-state index in [0.29, 0.717) is 22.9 Å². The van der Waals surface area contributed by atoms with Crippen LogP contribution in [0.1, 0.15) is 18.4 Å². The lowest BCUT2D eigenvalue weighted by Gasteiger charge is -1.97. The maximum Gasteiger partial charge on any atom is 0.217 e. The average molecular weight is 244 g/mol. The number of rotatable bonds is 4. The van der Waals surface area contributed by atoms with E-state index >= 15 is 0 Å². The van der Waals surface area contributed by atoms with Crippen LogP contribution in [0.3, 0.4) is 0 Å². The molecule has 15 heavy (non-hydrogen) atoms. The summed E-state index contributed by atoms with van der Waals surface area (Å²) < 4.78 is 0. The van der Waals surface area contributed by atoms with Gasteiger partial charge in [0.2, 0.25) is 5.91 Å². The molecule has 0 bridgehead atoms. The molecule has 0 aromatic heterocycles. The Morgan fingerprint density at radius 3 is 2.67 bits per heavy atom. The van der Waals surface area contributed by atoms with E-state index in [1.165, 1.54) is 0 Å². The van der Waals surface area contributed by atoms with Crippen molar-refractivity contribution in [1.29, 1.82) is 0 Å². The van der Waals surface area contributed by atoms with Gasteiger partial charge in [-0.1, -0.05) is 41.4 Å². The monoisotopic (exact) mass is 243 g/mol. The number of carbonyl (C=O) groups excluding carboxylic acids is 1. The summed E-state index contributed by atoms with van der Waals surface area (Å²) in [7, 11) is 0. The van der Waals surface area contributed by atoms with E-state index in [9.17, 15) is 4.79 Å². The predicted octanol–water partition coefficient (Wildman–Crippen LogP) is 3.27. The molecule has 0 atom stereocenters. The van der Waals surface area contributed by atoms with Crippen molar-refractivity contribution in [2.45, 2.75) is 12.8 Å². The zero-order valence-electron chi connectivity index (χ0n) is 8.04. The Balaban J connectivity index is 2.57. The Bertz CT molecular complexity index is 388. The molecule has 1 aromatic carbocycles. The van der Waals surface area contributed by atoms with E-state index in [4.69, 9.17) is 28.9 Å². The fraction of sp³-hybridized carbons (Fsp3) is 0.182. The van der Waals surface area contributed by atoms with Gasteiger partial charge >= 0.3 is 0 Å². The van der Waals surface area contributed by atoms with Gasteiger partial charge < -0.3 is 5.73 Å². The van der Waals surface area contributed by atoms with E-state index in [0.717, 1.165) is 5.56 Å². The number of amides is 1. The summed E-state index contributed by atoms with van der Waals surface area (Å²) in [5, 5.41) is 1.06. The molecular formula is C11H11Cl2NO. The molecule has 0 heterocycles. The maximum absolute atomic E-state index is 10.5. The van der Waals surface area contributed by atoms with Crippen molar-refractivity contribution < 1.29 is 4.79 Å². The van der Waals surface area contributed by atoms with E-state index < -0.39 is 0 Å². The number of halogens is 2. The Morgan fingerprint density at radius 2 is 2.07 bits per heavy atom. The second-order valence-electron chi connectivity index (χ2n) is 3.08. The molecule has 80 valence electrons. The van der Waals surface area contributed by atoms with E-state index in [1.807, 2.05) is 18.2 Å². The van der Waals surface area contributed by atoms with Gasteiger partial charge in [-0.05, 0) is 24.1 Å². The fourth-order valence-corrected chi connectivity index (χ4v) is 1.37. The number of benzene rings is 1. The number of carbonyl (C=O) groups is 1. The Kier molecular flexibility index (Phi) is 4.66. The normalized spacial score (nSPS) is 10.8. The second kappa shape index (κ2) is 5.79. The second-order valence-corrected chi connectivity index (χ2v) is 3.90. The summed E-state index contributed by atoms with van der Waals surface area (Å²) in [6.07, 6.45) is 4.75. The molecule has 1 aromatic rings. The van der Waals surface area contributed by atoms with Gasteiger partial charge in [0, 0.05) is 6.42 Å². The van der Waals surface area contributed by atoms with Crippen LogP contribution in [0.2, 0.25) is 10.0 Å². The summed E-state index contributed by atoms with van der Waals surface area (Å²) in [6, 6.07) is 5.36. The Hall–Kier alpha value is -0.990. The smallest absolute Gasteiger partial charge is 0.217 e. The zero-order valence-corrected chi connectivity index (χ0v) is 9.55. The first-order chi connectivity index (χ1) is 7.09. The minimum atomic E-state index is -0.297. The van der Waals surface area contributed by atoms with E-state index in [1.54, 1.807) is 12.1 Å². The van der Waals surface area contributed by atoms with Crippen LogP contribution >= 0.6 is 23.2 Å². The van der Waals surface area contributed by atoms with Crippen molar-refractivity contribution in [3.05, 3.63) is 39.9 Å². The van der Waals surface area contributed by atoms with Crippen LogP contribution in [-0.2, 0) is 4.79 Å². The SMILES string of the molecule is NC(=O)CCC=Cc1ccc(Cl)c(Cl)c1. The minimum absolute atomic E-state index is 0.297. The van der Waals surface area contributed by atoms with Crippen molar-refractivity contribution in [1.82, 2.24) is 0 Å². The van der Waals surface area contributed by atoms with Gasteiger partial charge in [0.15, 0.2) is 0 Å². The van der Waals surface area contributed by atoms with Gasteiger partial charge in [0.05, 0.1) is 10.0 Å². The molecule has 1 amide bonds. The molecule has 0 aliphatic rings. The molecule has 0 saturated carbocycles. The molecule has 0 aliphatic carbocycles. The van der Waals surface area contributed by atoms with Crippen LogP contribution in [0.15, 0.2) is 24.3 Å². The Morgan fingerprint density at radius 1 is 1.33 bits per heavy atom. The van der Waals surface area contributed by atoms with Crippen LogP contribution in [0.4, 0.5) is 0 Å². The van der Waals surface area contributed by atoms with Crippen molar-refractivity contribution in [3.8, 4) is 0 Å². The third kappa shape index (κ3) is 4.36. The van der Waals surface area contributed by atoms with Crippen LogP contribution in [0, 0.1) is 0 Å². The molecule has 0 aliphatic heterocycles. The summed E-state index contributed by atoms with van der Waals surface area (Å²) in [6.45, 7) is 0. The molecule has 0 radical (unpaired) electrons. The first-order valence-corrected chi connectivity index (χ1v) is 5.25. The first-order valence-electron chi connectivity index (χ1n) is 4.49. The van der Waals surface area contributed by atoms with Crippen LogP contribution in [-0.4, -0.2) is 5.91 Å². The number of allylic oxidation sites excluding steroid dienone is 1. The summed E-state index contributed by atoms with van der Waals surface area (Å²) in [4.78, 5) is 10.5. The largest absolute Gasteiger partial charge is 0.370 e. The van der Waals surface area contributed by atoms with Crippen molar-refractivity contribution in [2.24, 2.45) is 5.73 Å². The van der Waals surface area contributed by atoms with Crippen molar-refractivity contribution >= 4 is 35.2 Å². The number of primary amides is 1. The van der Waals surface area contributed by atoms with Gasteiger partial charge in [-0.15, -0.1) is 0 Å². The van der Waals surface area contributed by atoms with Crippen molar-refractivity contribution in [2.75, 3.05) is 0 Å². The number of hydrogen-bond donors (Lipinski definition) is 1. The standard InChI is InChI=1S/C11H11Cl2NO/c12-9-6-5-8(7-10(9)13)3-1-2-4-11(14)15/h1,3,5-7H,2,4H2,(H2,14,15). The first kappa shape index (κ1) is 12.1. The van der Waals surface area contributed by atoms with Crippen LogP contribution < -0.4 is 5.73 Å². The molecule has 0 fully saturated rings. The highest BCUT2D eigenvalue weighted by atomic mass is 35.5.